The maximum atomic E-state index is 13.6. The number of nitrogens with zero attached hydrogens (tertiary/aromatic N) is 2. The molecule has 8 heteroatoms. The van der Waals surface area contributed by atoms with Gasteiger partial charge in [0.05, 0.1) is 17.5 Å². The van der Waals surface area contributed by atoms with E-state index < -0.39 is 15.8 Å². The fraction of sp³-hybridized carbons (Fsp3) is 0.320. The van der Waals surface area contributed by atoms with E-state index in [1.807, 2.05) is 43.5 Å². The van der Waals surface area contributed by atoms with E-state index in [0.29, 0.717) is 13.0 Å². The third-order valence-electron chi connectivity index (χ3n) is 6.01. The third kappa shape index (κ3) is 4.74. The largest absolute Gasteiger partial charge is 0.330 e. The summed E-state index contributed by atoms with van der Waals surface area (Å²) in [5.41, 5.74) is 3.25. The Bertz CT molecular complexity index is 1240. The Morgan fingerprint density at radius 1 is 1.12 bits per heavy atom. The molecule has 33 heavy (non-hydrogen) atoms. The van der Waals surface area contributed by atoms with Crippen molar-refractivity contribution < 1.29 is 17.6 Å². The predicted octanol–water partition coefficient (Wildman–Crippen LogP) is 4.77. The highest BCUT2D eigenvalue weighted by molar-refractivity contribution is 7.89. The standard InChI is InChI=1S/C25H27FN2O3S2/c1-3-14-27(33(30,31)20-10-8-19(26)9-11-20)17-24(29)28-15-12-23-22(13-16-32-23)25(28)21-7-5-4-6-18(21)2/h4-11,13,16,25H,3,12,14-15,17H2,1-2H3. The Kier molecular flexibility index (Phi) is 6.97. The summed E-state index contributed by atoms with van der Waals surface area (Å²) in [7, 11) is -3.93. The fourth-order valence-electron chi connectivity index (χ4n) is 4.34. The van der Waals surface area contributed by atoms with Gasteiger partial charge in [-0.05, 0) is 72.2 Å². The van der Waals surface area contributed by atoms with Crippen LogP contribution in [0.3, 0.4) is 0 Å². The average molecular weight is 487 g/mol. The van der Waals surface area contributed by atoms with E-state index in [2.05, 4.69) is 6.07 Å². The molecule has 5 nitrogen and oxygen atoms in total. The van der Waals surface area contributed by atoms with Crippen molar-refractivity contribution in [3.8, 4) is 0 Å². The Balaban J connectivity index is 1.66. The molecule has 1 aliphatic rings. The van der Waals surface area contributed by atoms with Crippen molar-refractivity contribution in [1.29, 1.82) is 0 Å². The van der Waals surface area contributed by atoms with Crippen LogP contribution < -0.4 is 0 Å². The van der Waals surface area contributed by atoms with Crippen LogP contribution >= 0.6 is 11.3 Å². The monoisotopic (exact) mass is 486 g/mol. The van der Waals surface area contributed by atoms with Crippen molar-refractivity contribution in [2.24, 2.45) is 0 Å². The highest BCUT2D eigenvalue weighted by Gasteiger charge is 2.36. The van der Waals surface area contributed by atoms with Gasteiger partial charge in [-0.15, -0.1) is 11.3 Å². The first-order valence-electron chi connectivity index (χ1n) is 11.0. The summed E-state index contributed by atoms with van der Waals surface area (Å²) in [5, 5.41) is 2.05. The summed E-state index contributed by atoms with van der Waals surface area (Å²) in [6.45, 7) is 4.38. The zero-order valence-electron chi connectivity index (χ0n) is 18.7. The first-order valence-corrected chi connectivity index (χ1v) is 13.3. The second kappa shape index (κ2) is 9.75. The summed E-state index contributed by atoms with van der Waals surface area (Å²) in [6, 6.07) is 14.5. The van der Waals surface area contributed by atoms with Crippen LogP contribution in [0.25, 0.3) is 0 Å². The van der Waals surface area contributed by atoms with Crippen molar-refractivity contribution >= 4 is 27.3 Å². The second-order valence-electron chi connectivity index (χ2n) is 8.19. The number of aryl methyl sites for hydroxylation is 1. The van der Waals surface area contributed by atoms with Gasteiger partial charge in [0.25, 0.3) is 0 Å². The van der Waals surface area contributed by atoms with E-state index in [0.717, 1.165) is 35.2 Å². The number of fused-ring (bicyclic) bond motifs is 1. The number of amides is 1. The van der Waals surface area contributed by atoms with Crippen LogP contribution in [-0.4, -0.2) is 43.2 Å². The van der Waals surface area contributed by atoms with Crippen LogP contribution in [0.15, 0.2) is 64.9 Å². The minimum atomic E-state index is -3.93. The molecule has 4 rings (SSSR count). The zero-order chi connectivity index (χ0) is 23.6. The zero-order valence-corrected chi connectivity index (χ0v) is 20.3. The molecule has 0 saturated heterocycles. The molecule has 2 heterocycles. The minimum absolute atomic E-state index is 0.0145. The van der Waals surface area contributed by atoms with E-state index in [4.69, 9.17) is 0 Å². The number of halogens is 1. The molecule has 0 aliphatic carbocycles. The number of hydrogen-bond donors (Lipinski definition) is 0. The molecular formula is C25H27FN2O3S2. The molecule has 0 spiro atoms. The maximum absolute atomic E-state index is 13.6. The number of hydrogen-bond acceptors (Lipinski definition) is 4. The summed E-state index contributed by atoms with van der Waals surface area (Å²) < 4.78 is 41.0. The van der Waals surface area contributed by atoms with Gasteiger partial charge in [-0.2, -0.15) is 4.31 Å². The van der Waals surface area contributed by atoms with Gasteiger partial charge in [-0.1, -0.05) is 31.2 Å². The fourth-order valence-corrected chi connectivity index (χ4v) is 6.73. The number of carbonyl (C=O) groups is 1. The molecule has 1 atom stereocenters. The van der Waals surface area contributed by atoms with Crippen LogP contribution in [-0.2, 0) is 21.2 Å². The van der Waals surface area contributed by atoms with E-state index in [1.54, 1.807) is 16.2 Å². The third-order valence-corrected chi connectivity index (χ3v) is 8.86. The second-order valence-corrected chi connectivity index (χ2v) is 11.1. The normalized spacial score (nSPS) is 16.1. The van der Waals surface area contributed by atoms with Crippen LogP contribution in [0.2, 0.25) is 0 Å². The van der Waals surface area contributed by atoms with Gasteiger partial charge in [0.2, 0.25) is 15.9 Å². The lowest BCUT2D eigenvalue weighted by Crippen LogP contribution is -2.47. The van der Waals surface area contributed by atoms with Crippen molar-refractivity contribution in [3.05, 3.63) is 87.4 Å². The Morgan fingerprint density at radius 3 is 2.55 bits per heavy atom. The molecular weight excluding hydrogens is 459 g/mol. The summed E-state index contributed by atoms with van der Waals surface area (Å²) in [4.78, 5) is 16.7. The lowest BCUT2D eigenvalue weighted by atomic mass is 9.90. The average Bonchev–Trinajstić information content (AvgIpc) is 3.28. The molecule has 0 saturated carbocycles. The van der Waals surface area contributed by atoms with E-state index in [9.17, 15) is 17.6 Å². The maximum Gasteiger partial charge on any atom is 0.243 e. The van der Waals surface area contributed by atoms with Gasteiger partial charge in [-0.25, -0.2) is 12.8 Å². The van der Waals surface area contributed by atoms with Crippen molar-refractivity contribution in [3.63, 3.8) is 0 Å². The Morgan fingerprint density at radius 2 is 1.85 bits per heavy atom. The molecule has 1 aliphatic heterocycles. The first kappa shape index (κ1) is 23.6. The summed E-state index contributed by atoms with van der Waals surface area (Å²) in [6.07, 6.45) is 1.31. The SMILES string of the molecule is CCCN(CC(=O)N1CCc2sccc2C1c1ccccc1C)S(=O)(=O)c1ccc(F)cc1. The number of benzene rings is 2. The molecule has 1 unspecified atom stereocenters. The molecule has 0 fully saturated rings. The molecule has 3 aromatic rings. The first-order chi connectivity index (χ1) is 15.8. The van der Waals surface area contributed by atoms with E-state index in [-0.39, 0.29) is 29.9 Å². The lowest BCUT2D eigenvalue weighted by Gasteiger charge is -2.38. The predicted molar refractivity (Wildman–Crippen MR) is 128 cm³/mol. The smallest absolute Gasteiger partial charge is 0.243 e. The van der Waals surface area contributed by atoms with E-state index in [1.165, 1.54) is 21.3 Å². The molecule has 174 valence electrons. The highest BCUT2D eigenvalue weighted by Crippen LogP contribution is 2.39. The molecule has 1 aromatic heterocycles. The molecule has 2 aromatic carbocycles. The van der Waals surface area contributed by atoms with Crippen molar-refractivity contribution in [2.45, 2.75) is 37.6 Å². The topological polar surface area (TPSA) is 57.7 Å². The molecule has 0 bridgehead atoms. The van der Waals surface area contributed by atoms with Gasteiger partial charge in [-0.3, -0.25) is 4.79 Å². The van der Waals surface area contributed by atoms with Gasteiger partial charge < -0.3 is 4.90 Å². The van der Waals surface area contributed by atoms with Crippen LogP contribution in [0, 0.1) is 12.7 Å². The molecule has 1 amide bonds. The van der Waals surface area contributed by atoms with E-state index >= 15 is 0 Å². The summed E-state index contributed by atoms with van der Waals surface area (Å²) >= 11 is 1.69. The van der Waals surface area contributed by atoms with Crippen LogP contribution in [0.4, 0.5) is 4.39 Å². The van der Waals surface area contributed by atoms with Crippen LogP contribution in [0.1, 0.15) is 41.0 Å². The van der Waals surface area contributed by atoms with Gasteiger partial charge in [0.1, 0.15) is 5.82 Å². The van der Waals surface area contributed by atoms with Gasteiger partial charge >= 0.3 is 0 Å². The van der Waals surface area contributed by atoms with Crippen LogP contribution in [0.5, 0.6) is 0 Å². The minimum Gasteiger partial charge on any atom is -0.330 e. The lowest BCUT2D eigenvalue weighted by molar-refractivity contribution is -0.133. The number of carbonyl (C=O) groups excluding carboxylic acids is 1. The highest BCUT2D eigenvalue weighted by atomic mass is 32.2. The molecule has 0 radical (unpaired) electrons. The Labute approximate surface area is 198 Å². The number of sulfonamides is 1. The van der Waals surface area contributed by atoms with Crippen molar-refractivity contribution in [1.82, 2.24) is 9.21 Å². The van der Waals surface area contributed by atoms with Gasteiger partial charge in [0.15, 0.2) is 0 Å². The quantitative estimate of drug-likeness (QED) is 0.483. The molecule has 0 N–H and O–H groups in total. The Hall–Kier alpha value is -2.55. The number of thiophene rings is 1. The summed E-state index contributed by atoms with van der Waals surface area (Å²) in [5.74, 6) is -0.743. The number of rotatable bonds is 7. The van der Waals surface area contributed by atoms with Gasteiger partial charge in [0, 0.05) is 18.0 Å². The van der Waals surface area contributed by atoms with Crippen molar-refractivity contribution in [2.75, 3.05) is 19.6 Å².